The molecule has 0 saturated heterocycles. The zero-order chi connectivity index (χ0) is 17.1. The maximum Gasteiger partial charge on any atom is 0.338 e. The fourth-order valence-electron chi connectivity index (χ4n) is 1.96. The number of carbonyl (C=O) groups is 1. The van der Waals surface area contributed by atoms with E-state index in [1.54, 1.807) is 11.6 Å². The Morgan fingerprint density at radius 2 is 2.08 bits per heavy atom. The Morgan fingerprint density at radius 1 is 1.33 bits per heavy atom. The van der Waals surface area contributed by atoms with Gasteiger partial charge in [0.2, 0.25) is 0 Å². The summed E-state index contributed by atoms with van der Waals surface area (Å²) in [5.41, 5.74) is 0.337. The van der Waals surface area contributed by atoms with E-state index in [1.807, 2.05) is 0 Å². The van der Waals surface area contributed by atoms with Gasteiger partial charge in [0.25, 0.3) is 11.3 Å². The topological polar surface area (TPSA) is 60.7 Å². The Balaban J connectivity index is 1.67. The van der Waals surface area contributed by atoms with Crippen LogP contribution in [0.15, 0.2) is 51.6 Å². The van der Waals surface area contributed by atoms with Crippen molar-refractivity contribution in [2.45, 2.75) is 17.3 Å². The number of aromatic nitrogens is 2. The number of rotatable bonds is 5. The number of fused-ring (bicyclic) bond motifs is 1. The maximum atomic E-state index is 12.2. The van der Waals surface area contributed by atoms with Crippen molar-refractivity contribution in [1.82, 2.24) is 9.38 Å². The van der Waals surface area contributed by atoms with Gasteiger partial charge in [-0.25, -0.2) is 9.78 Å². The highest BCUT2D eigenvalue weighted by Crippen LogP contribution is 2.25. The third kappa shape index (κ3) is 3.80. The molecule has 0 atom stereocenters. The van der Waals surface area contributed by atoms with Crippen LogP contribution >= 0.6 is 23.1 Å². The lowest BCUT2D eigenvalue weighted by molar-refractivity contribution is 0.0467. The van der Waals surface area contributed by atoms with Crippen LogP contribution in [-0.4, -0.2) is 21.1 Å². The van der Waals surface area contributed by atoms with Crippen LogP contribution in [0.5, 0.6) is 0 Å². The molecule has 1 aromatic carbocycles. The number of hydrogen-bond acceptors (Lipinski definition) is 6. The van der Waals surface area contributed by atoms with E-state index < -0.39 is 11.7 Å². The highest BCUT2D eigenvalue weighted by atomic mass is 32.2. The number of carbonyl (C=O) groups excluding carboxylic acids is 1. The normalized spacial score (nSPS) is 11.1. The predicted octanol–water partition coefficient (Wildman–Crippen LogP) is 3.43. The predicted molar refractivity (Wildman–Crippen MR) is 86.8 cm³/mol. The summed E-state index contributed by atoms with van der Waals surface area (Å²) in [7, 11) is 0. The zero-order valence-corrected chi connectivity index (χ0v) is 13.7. The Morgan fingerprint density at radius 3 is 2.79 bits per heavy atom. The molecule has 0 aliphatic carbocycles. The third-order valence-corrected chi connectivity index (χ3v) is 4.50. The van der Waals surface area contributed by atoms with Crippen LogP contribution in [-0.2, 0) is 11.3 Å². The fourth-order valence-corrected chi connectivity index (χ4v) is 3.19. The molecule has 24 heavy (non-hydrogen) atoms. The Kier molecular flexibility index (Phi) is 4.91. The molecule has 3 aromatic rings. The van der Waals surface area contributed by atoms with Crippen molar-refractivity contribution in [2.24, 2.45) is 0 Å². The van der Waals surface area contributed by atoms with E-state index in [0.29, 0.717) is 27.3 Å². The molecule has 0 amide bonds. The minimum atomic E-state index is -2.51. The molecule has 0 bridgehead atoms. The van der Waals surface area contributed by atoms with E-state index in [1.165, 1.54) is 46.1 Å². The third-order valence-electron chi connectivity index (χ3n) is 3.02. The average molecular weight is 368 g/mol. The SMILES string of the molecule is O=C(OCc1cc(=O)n2ccsc2n1)c1ccc(SC(F)F)cc1. The maximum absolute atomic E-state index is 12.2. The number of nitrogens with zero attached hydrogens (tertiary/aromatic N) is 2. The van der Waals surface area contributed by atoms with E-state index in [2.05, 4.69) is 4.98 Å². The van der Waals surface area contributed by atoms with Gasteiger partial charge in [0.15, 0.2) is 4.96 Å². The van der Waals surface area contributed by atoms with Crippen LogP contribution in [0.1, 0.15) is 16.1 Å². The molecule has 0 radical (unpaired) electrons. The second-order valence-corrected chi connectivity index (χ2v) is 6.56. The highest BCUT2D eigenvalue weighted by molar-refractivity contribution is 7.99. The van der Waals surface area contributed by atoms with Crippen LogP contribution in [0.3, 0.4) is 0 Å². The lowest BCUT2D eigenvalue weighted by Gasteiger charge is -2.05. The van der Waals surface area contributed by atoms with Gasteiger partial charge in [0.1, 0.15) is 6.61 Å². The van der Waals surface area contributed by atoms with E-state index >= 15 is 0 Å². The molecule has 2 heterocycles. The first-order chi connectivity index (χ1) is 11.5. The first-order valence-corrected chi connectivity index (χ1v) is 8.46. The lowest BCUT2D eigenvalue weighted by Crippen LogP contribution is -2.14. The Hall–Kier alpha value is -2.26. The minimum absolute atomic E-state index is 0.143. The lowest BCUT2D eigenvalue weighted by atomic mass is 10.2. The van der Waals surface area contributed by atoms with Crippen LogP contribution in [0.2, 0.25) is 0 Å². The van der Waals surface area contributed by atoms with Gasteiger partial charge in [-0.15, -0.1) is 11.3 Å². The standard InChI is InChI=1S/C15H10F2N2O3S2/c16-14(17)24-11-3-1-9(2-4-11)13(21)22-8-10-7-12(20)19-5-6-23-15(19)18-10/h1-7,14H,8H2. The summed E-state index contributed by atoms with van der Waals surface area (Å²) in [6.45, 7) is -0.143. The molecule has 3 rings (SSSR count). The molecule has 9 heteroatoms. The Labute approximate surface area is 142 Å². The molecule has 0 aliphatic rings. The van der Waals surface area contributed by atoms with Crippen molar-refractivity contribution in [3.8, 4) is 0 Å². The number of esters is 1. The van der Waals surface area contributed by atoms with Crippen molar-refractivity contribution >= 4 is 34.0 Å². The van der Waals surface area contributed by atoms with Crippen molar-refractivity contribution < 1.29 is 18.3 Å². The number of thiazole rings is 1. The van der Waals surface area contributed by atoms with Gasteiger partial charge in [-0.3, -0.25) is 9.20 Å². The van der Waals surface area contributed by atoms with Gasteiger partial charge in [-0.2, -0.15) is 8.78 Å². The number of hydrogen-bond donors (Lipinski definition) is 0. The number of halogens is 2. The summed E-state index contributed by atoms with van der Waals surface area (Å²) in [4.78, 5) is 28.9. The molecule has 0 unspecified atom stereocenters. The number of ether oxygens (including phenoxy) is 1. The Bertz CT molecular complexity index is 922. The first kappa shape index (κ1) is 16.6. The van der Waals surface area contributed by atoms with Crippen LogP contribution in [0.4, 0.5) is 8.78 Å². The van der Waals surface area contributed by atoms with Gasteiger partial charge in [-0.05, 0) is 24.3 Å². The summed E-state index contributed by atoms with van der Waals surface area (Å²) in [5, 5.41) is 1.73. The van der Waals surface area contributed by atoms with E-state index in [0.717, 1.165) is 0 Å². The van der Waals surface area contributed by atoms with Gasteiger partial charge in [0, 0.05) is 22.5 Å². The van der Waals surface area contributed by atoms with E-state index in [-0.39, 0.29) is 17.7 Å². The molecule has 0 N–H and O–H groups in total. The quantitative estimate of drug-likeness (QED) is 0.510. The molecule has 0 aliphatic heterocycles. The fraction of sp³-hybridized carbons (Fsp3) is 0.133. The first-order valence-electron chi connectivity index (χ1n) is 6.71. The second-order valence-electron chi connectivity index (χ2n) is 4.62. The smallest absolute Gasteiger partial charge is 0.338 e. The molecule has 0 spiro atoms. The van der Waals surface area contributed by atoms with Crippen molar-refractivity contribution in [2.75, 3.05) is 0 Å². The van der Waals surface area contributed by atoms with Crippen LogP contribution in [0.25, 0.3) is 4.96 Å². The summed E-state index contributed by atoms with van der Waals surface area (Å²) < 4.78 is 31.0. The molecule has 2 aromatic heterocycles. The molecular formula is C15H10F2N2O3S2. The highest BCUT2D eigenvalue weighted by Gasteiger charge is 2.11. The molecule has 5 nitrogen and oxygen atoms in total. The van der Waals surface area contributed by atoms with Gasteiger partial charge in [0.05, 0.1) is 11.3 Å². The summed E-state index contributed by atoms with van der Waals surface area (Å²) >= 11 is 1.70. The van der Waals surface area contributed by atoms with Gasteiger partial charge < -0.3 is 4.74 Å². The van der Waals surface area contributed by atoms with Gasteiger partial charge >= 0.3 is 5.97 Å². The zero-order valence-electron chi connectivity index (χ0n) is 12.0. The van der Waals surface area contributed by atoms with Crippen molar-refractivity contribution in [3.05, 3.63) is 63.5 Å². The summed E-state index contributed by atoms with van der Waals surface area (Å²) in [5.74, 6) is -3.13. The number of thioether (sulfide) groups is 1. The van der Waals surface area contributed by atoms with Crippen molar-refractivity contribution in [3.63, 3.8) is 0 Å². The molecule has 0 fully saturated rings. The summed E-state index contributed by atoms with van der Waals surface area (Å²) in [6.07, 6.45) is 1.62. The monoisotopic (exact) mass is 368 g/mol. The molecular weight excluding hydrogens is 358 g/mol. The molecule has 0 saturated carbocycles. The number of benzene rings is 1. The van der Waals surface area contributed by atoms with Gasteiger partial charge in [-0.1, -0.05) is 11.8 Å². The van der Waals surface area contributed by atoms with Crippen molar-refractivity contribution in [1.29, 1.82) is 0 Å². The van der Waals surface area contributed by atoms with E-state index in [9.17, 15) is 18.4 Å². The number of alkyl halides is 2. The van der Waals surface area contributed by atoms with Crippen LogP contribution < -0.4 is 5.56 Å². The van der Waals surface area contributed by atoms with Crippen LogP contribution in [0, 0.1) is 0 Å². The average Bonchev–Trinajstić information content (AvgIpc) is 3.02. The largest absolute Gasteiger partial charge is 0.456 e. The van der Waals surface area contributed by atoms with E-state index in [4.69, 9.17) is 4.74 Å². The molecule has 124 valence electrons. The minimum Gasteiger partial charge on any atom is -0.456 e. The second kappa shape index (κ2) is 7.10. The summed E-state index contributed by atoms with van der Waals surface area (Å²) in [6, 6.07) is 6.98.